The fourth-order valence-corrected chi connectivity index (χ4v) is 4.69. The lowest BCUT2D eigenvalue weighted by Gasteiger charge is -2.21. The number of aromatic nitrogens is 2. The topological polar surface area (TPSA) is 80.5 Å². The van der Waals surface area contributed by atoms with Crippen molar-refractivity contribution in [2.45, 2.75) is 17.4 Å². The number of furan rings is 1. The summed E-state index contributed by atoms with van der Waals surface area (Å²) in [6.07, 6.45) is 1.62. The SMILES string of the molecule is COc1ccccc1Nc1nnc(SCC(=O)N(Cc2ccccc2)Cc2ccco2)s1. The number of methoxy groups -OCH3 is 1. The summed E-state index contributed by atoms with van der Waals surface area (Å²) in [5.41, 5.74) is 1.88. The number of amides is 1. The highest BCUT2D eigenvalue weighted by atomic mass is 32.2. The minimum absolute atomic E-state index is 0.00434. The lowest BCUT2D eigenvalue weighted by atomic mass is 10.2. The zero-order chi connectivity index (χ0) is 22.2. The Morgan fingerprint density at radius 2 is 1.88 bits per heavy atom. The molecule has 9 heteroatoms. The molecule has 0 saturated carbocycles. The molecule has 1 amide bonds. The zero-order valence-corrected chi connectivity index (χ0v) is 19.1. The van der Waals surface area contributed by atoms with E-state index in [0.29, 0.717) is 22.6 Å². The summed E-state index contributed by atoms with van der Waals surface area (Å²) >= 11 is 2.77. The van der Waals surface area contributed by atoms with Gasteiger partial charge < -0.3 is 19.4 Å². The maximum absolute atomic E-state index is 13.0. The Labute approximate surface area is 194 Å². The molecule has 0 radical (unpaired) electrons. The van der Waals surface area contributed by atoms with Crippen LogP contribution in [-0.2, 0) is 17.9 Å². The maximum Gasteiger partial charge on any atom is 0.233 e. The Bertz CT molecular complexity index is 1130. The quantitative estimate of drug-likeness (QED) is 0.322. The number of benzene rings is 2. The van der Waals surface area contributed by atoms with Gasteiger partial charge in [-0.05, 0) is 29.8 Å². The van der Waals surface area contributed by atoms with Crippen molar-refractivity contribution < 1.29 is 13.9 Å². The molecule has 0 atom stereocenters. The second kappa shape index (κ2) is 10.8. The van der Waals surface area contributed by atoms with E-state index < -0.39 is 0 Å². The summed E-state index contributed by atoms with van der Waals surface area (Å²) in [5, 5.41) is 12.2. The number of carbonyl (C=O) groups excluding carboxylic acids is 1. The number of hydrogen-bond donors (Lipinski definition) is 1. The van der Waals surface area contributed by atoms with Crippen LogP contribution in [0.25, 0.3) is 0 Å². The van der Waals surface area contributed by atoms with Crippen LogP contribution >= 0.6 is 23.1 Å². The van der Waals surface area contributed by atoms with Gasteiger partial charge in [0.15, 0.2) is 4.34 Å². The molecule has 0 saturated heterocycles. The molecular weight excluding hydrogens is 444 g/mol. The predicted octanol–water partition coefficient (Wildman–Crippen LogP) is 5.20. The van der Waals surface area contributed by atoms with Crippen LogP contribution in [0.4, 0.5) is 10.8 Å². The first-order chi connectivity index (χ1) is 15.7. The van der Waals surface area contributed by atoms with Crippen molar-refractivity contribution in [2.24, 2.45) is 0 Å². The number of rotatable bonds is 10. The van der Waals surface area contributed by atoms with E-state index >= 15 is 0 Å². The Kier molecular flexibility index (Phi) is 7.42. The van der Waals surface area contributed by atoms with Gasteiger partial charge in [0.1, 0.15) is 11.5 Å². The fraction of sp³-hybridized carbons (Fsp3) is 0.174. The minimum Gasteiger partial charge on any atom is -0.495 e. The second-order valence-electron chi connectivity index (χ2n) is 6.80. The molecule has 0 aliphatic carbocycles. The molecule has 0 bridgehead atoms. The van der Waals surface area contributed by atoms with E-state index in [9.17, 15) is 4.79 Å². The van der Waals surface area contributed by atoms with Crippen LogP contribution in [0.1, 0.15) is 11.3 Å². The Morgan fingerprint density at radius 1 is 1.06 bits per heavy atom. The molecule has 7 nitrogen and oxygen atoms in total. The first kappa shape index (κ1) is 21.9. The third-order valence-corrected chi connectivity index (χ3v) is 6.53. The molecule has 0 aliphatic rings. The van der Waals surface area contributed by atoms with Gasteiger partial charge in [-0.1, -0.05) is 65.6 Å². The molecule has 0 aliphatic heterocycles. The summed E-state index contributed by atoms with van der Waals surface area (Å²) in [6, 6.07) is 21.2. The summed E-state index contributed by atoms with van der Waals surface area (Å²) < 4.78 is 11.5. The minimum atomic E-state index is 0.00434. The smallest absolute Gasteiger partial charge is 0.233 e. The van der Waals surface area contributed by atoms with E-state index in [1.807, 2.05) is 66.7 Å². The van der Waals surface area contributed by atoms with Crippen molar-refractivity contribution in [1.29, 1.82) is 0 Å². The van der Waals surface area contributed by atoms with Crippen LogP contribution in [0.15, 0.2) is 81.8 Å². The average Bonchev–Trinajstić information content (AvgIpc) is 3.50. The maximum atomic E-state index is 13.0. The summed E-state index contributed by atoms with van der Waals surface area (Å²) in [6.45, 7) is 0.926. The van der Waals surface area contributed by atoms with E-state index in [4.69, 9.17) is 9.15 Å². The number of nitrogens with one attached hydrogen (secondary N) is 1. The van der Waals surface area contributed by atoms with Crippen molar-refractivity contribution in [2.75, 3.05) is 18.2 Å². The first-order valence-corrected chi connectivity index (χ1v) is 11.7. The van der Waals surface area contributed by atoms with Crippen LogP contribution in [0, 0.1) is 0 Å². The highest BCUT2D eigenvalue weighted by Gasteiger charge is 2.18. The van der Waals surface area contributed by atoms with Gasteiger partial charge >= 0.3 is 0 Å². The molecule has 164 valence electrons. The van der Waals surface area contributed by atoms with Crippen LogP contribution in [0.2, 0.25) is 0 Å². The zero-order valence-electron chi connectivity index (χ0n) is 17.4. The number of anilines is 2. The molecule has 2 aromatic carbocycles. The first-order valence-electron chi connectivity index (χ1n) is 9.91. The van der Waals surface area contributed by atoms with Crippen LogP contribution in [-0.4, -0.2) is 33.9 Å². The molecular formula is C23H22N4O3S2. The van der Waals surface area contributed by atoms with Crippen molar-refractivity contribution in [3.8, 4) is 5.75 Å². The van der Waals surface area contributed by atoms with E-state index in [0.717, 1.165) is 22.8 Å². The normalized spacial score (nSPS) is 10.7. The number of hydrogen-bond acceptors (Lipinski definition) is 8. The fourth-order valence-electron chi connectivity index (χ4n) is 3.02. The van der Waals surface area contributed by atoms with E-state index in [1.165, 1.54) is 23.1 Å². The predicted molar refractivity (Wildman–Crippen MR) is 126 cm³/mol. The molecule has 0 unspecified atom stereocenters. The molecule has 2 heterocycles. The van der Waals surface area contributed by atoms with E-state index in [1.54, 1.807) is 18.3 Å². The Hall–Kier alpha value is -3.30. The van der Waals surface area contributed by atoms with Gasteiger partial charge in [-0.3, -0.25) is 4.79 Å². The third-order valence-electron chi connectivity index (χ3n) is 4.57. The summed E-state index contributed by atoms with van der Waals surface area (Å²) in [5.74, 6) is 1.74. The lowest BCUT2D eigenvalue weighted by molar-refractivity contribution is -0.129. The Balaban J connectivity index is 1.38. The molecule has 2 aromatic heterocycles. The van der Waals surface area contributed by atoms with E-state index in [2.05, 4.69) is 15.5 Å². The Morgan fingerprint density at radius 3 is 2.66 bits per heavy atom. The monoisotopic (exact) mass is 466 g/mol. The molecule has 0 fully saturated rings. The van der Waals surface area contributed by atoms with Gasteiger partial charge in [0.25, 0.3) is 0 Å². The molecule has 0 spiro atoms. The van der Waals surface area contributed by atoms with Gasteiger partial charge in [-0.2, -0.15) is 0 Å². The number of nitrogens with zero attached hydrogens (tertiary/aromatic N) is 3. The second-order valence-corrected chi connectivity index (χ2v) is 9.00. The van der Waals surface area contributed by atoms with Gasteiger partial charge in [-0.25, -0.2) is 0 Å². The van der Waals surface area contributed by atoms with Gasteiger partial charge in [0.05, 0.1) is 31.4 Å². The number of thioether (sulfide) groups is 1. The van der Waals surface area contributed by atoms with Gasteiger partial charge in [-0.15, -0.1) is 10.2 Å². The lowest BCUT2D eigenvalue weighted by Crippen LogP contribution is -2.31. The van der Waals surface area contributed by atoms with Gasteiger partial charge in [0.2, 0.25) is 11.0 Å². The van der Waals surface area contributed by atoms with Crippen molar-refractivity contribution in [3.05, 3.63) is 84.3 Å². The van der Waals surface area contributed by atoms with Crippen LogP contribution in [0.3, 0.4) is 0 Å². The summed E-state index contributed by atoms with van der Waals surface area (Å²) in [7, 11) is 1.62. The standard InChI is InChI=1S/C23H22N4O3S2/c1-29-20-12-6-5-11-19(20)24-22-25-26-23(32-22)31-16-21(28)27(15-18-10-7-13-30-18)14-17-8-3-2-4-9-17/h2-13H,14-16H2,1H3,(H,24,25). The highest BCUT2D eigenvalue weighted by Crippen LogP contribution is 2.31. The molecule has 1 N–H and O–H groups in total. The van der Waals surface area contributed by atoms with Gasteiger partial charge in [0, 0.05) is 6.54 Å². The van der Waals surface area contributed by atoms with Crippen LogP contribution in [0.5, 0.6) is 5.75 Å². The van der Waals surface area contributed by atoms with Crippen molar-refractivity contribution in [3.63, 3.8) is 0 Å². The molecule has 32 heavy (non-hydrogen) atoms. The van der Waals surface area contributed by atoms with E-state index in [-0.39, 0.29) is 11.7 Å². The number of ether oxygens (including phenoxy) is 1. The molecule has 4 rings (SSSR count). The van der Waals surface area contributed by atoms with Crippen molar-refractivity contribution >= 4 is 39.8 Å². The molecule has 4 aromatic rings. The van der Waals surface area contributed by atoms with Crippen LogP contribution < -0.4 is 10.1 Å². The highest BCUT2D eigenvalue weighted by molar-refractivity contribution is 8.01. The number of carbonyl (C=O) groups is 1. The average molecular weight is 467 g/mol. The van der Waals surface area contributed by atoms with Crippen molar-refractivity contribution in [1.82, 2.24) is 15.1 Å². The third kappa shape index (κ3) is 5.89. The number of para-hydroxylation sites is 2. The summed E-state index contributed by atoms with van der Waals surface area (Å²) in [4.78, 5) is 14.8. The largest absolute Gasteiger partial charge is 0.495 e.